The number of rotatable bonds is 4. The van der Waals surface area contributed by atoms with Gasteiger partial charge in [-0.25, -0.2) is 0 Å². The van der Waals surface area contributed by atoms with Crippen LogP contribution in [-0.2, 0) is 11.3 Å². The fourth-order valence-corrected chi connectivity index (χ4v) is 3.01. The second-order valence-electron chi connectivity index (χ2n) is 6.28. The molecule has 3 nitrogen and oxygen atoms in total. The minimum Gasteiger partial charge on any atom is -0.351 e. The summed E-state index contributed by atoms with van der Waals surface area (Å²) >= 11 is 0. The Bertz CT molecular complexity index is 462. The third-order valence-electron chi connectivity index (χ3n) is 4.80. The topological polar surface area (TPSA) is 55.1 Å². The summed E-state index contributed by atoms with van der Waals surface area (Å²) in [5, 5.41) is 3.10. The van der Waals surface area contributed by atoms with E-state index in [0.717, 1.165) is 31.6 Å². The van der Waals surface area contributed by atoms with E-state index in [9.17, 15) is 4.79 Å². The van der Waals surface area contributed by atoms with E-state index < -0.39 is 0 Å². The Morgan fingerprint density at radius 1 is 1.35 bits per heavy atom. The van der Waals surface area contributed by atoms with E-state index >= 15 is 0 Å². The maximum absolute atomic E-state index is 12.6. The predicted octanol–water partition coefficient (Wildman–Crippen LogP) is 2.77. The summed E-state index contributed by atoms with van der Waals surface area (Å²) in [4.78, 5) is 12.6. The van der Waals surface area contributed by atoms with Gasteiger partial charge in [-0.05, 0) is 49.7 Å². The summed E-state index contributed by atoms with van der Waals surface area (Å²) in [5.41, 5.74) is 7.98. The molecule has 0 heterocycles. The van der Waals surface area contributed by atoms with Crippen molar-refractivity contribution >= 4 is 5.91 Å². The molecule has 1 saturated carbocycles. The van der Waals surface area contributed by atoms with Gasteiger partial charge in [-0.2, -0.15) is 0 Å². The lowest BCUT2D eigenvalue weighted by molar-refractivity contribution is -0.133. The molecular weight excluding hydrogens is 248 g/mol. The van der Waals surface area contributed by atoms with Crippen LogP contribution in [-0.4, -0.2) is 12.5 Å². The molecule has 3 heteroatoms. The monoisotopic (exact) mass is 274 g/mol. The van der Waals surface area contributed by atoms with Gasteiger partial charge < -0.3 is 11.1 Å². The van der Waals surface area contributed by atoms with Crippen molar-refractivity contribution in [1.82, 2.24) is 5.32 Å². The molecule has 1 aromatic rings. The molecular formula is C17H26N2O. The van der Waals surface area contributed by atoms with Crippen molar-refractivity contribution in [2.75, 3.05) is 6.54 Å². The average molecular weight is 274 g/mol. The third-order valence-corrected chi connectivity index (χ3v) is 4.80. The van der Waals surface area contributed by atoms with Crippen molar-refractivity contribution in [3.05, 3.63) is 35.4 Å². The van der Waals surface area contributed by atoms with Gasteiger partial charge >= 0.3 is 0 Å². The molecule has 3 N–H and O–H groups in total. The van der Waals surface area contributed by atoms with Crippen molar-refractivity contribution in [2.24, 2.45) is 17.1 Å². The Hall–Kier alpha value is -1.35. The Labute approximate surface area is 121 Å². The number of hydrogen-bond donors (Lipinski definition) is 2. The van der Waals surface area contributed by atoms with Crippen LogP contribution in [0.2, 0.25) is 0 Å². The number of nitrogens with two attached hydrogens (primary N) is 1. The maximum Gasteiger partial charge on any atom is 0.227 e. The van der Waals surface area contributed by atoms with Crippen LogP contribution >= 0.6 is 0 Å². The lowest BCUT2D eigenvalue weighted by Gasteiger charge is -2.37. The molecule has 0 spiro atoms. The van der Waals surface area contributed by atoms with Gasteiger partial charge in [-0.3, -0.25) is 4.79 Å². The highest BCUT2D eigenvalue weighted by Gasteiger charge is 2.39. The van der Waals surface area contributed by atoms with Crippen LogP contribution in [0.25, 0.3) is 0 Å². The second kappa shape index (κ2) is 6.40. The van der Waals surface area contributed by atoms with Crippen molar-refractivity contribution in [1.29, 1.82) is 0 Å². The van der Waals surface area contributed by atoms with E-state index in [4.69, 9.17) is 5.73 Å². The van der Waals surface area contributed by atoms with Crippen LogP contribution in [0.4, 0.5) is 0 Å². The van der Waals surface area contributed by atoms with Crippen LogP contribution in [0.5, 0.6) is 0 Å². The zero-order valence-electron chi connectivity index (χ0n) is 12.6. The second-order valence-corrected chi connectivity index (χ2v) is 6.28. The molecule has 1 aromatic carbocycles. The summed E-state index contributed by atoms with van der Waals surface area (Å²) in [6, 6.07) is 8.16. The number of aryl methyl sites for hydroxylation is 1. The van der Waals surface area contributed by atoms with Crippen molar-refractivity contribution in [3.63, 3.8) is 0 Å². The van der Waals surface area contributed by atoms with Crippen molar-refractivity contribution < 1.29 is 4.79 Å². The first-order valence-electron chi connectivity index (χ1n) is 7.60. The molecule has 0 aliphatic heterocycles. The molecule has 110 valence electrons. The molecule has 0 atom stereocenters. The van der Waals surface area contributed by atoms with Gasteiger partial charge in [0, 0.05) is 13.1 Å². The maximum atomic E-state index is 12.6. The molecule has 0 aromatic heterocycles. The number of carbonyl (C=O) groups excluding carboxylic acids is 1. The highest BCUT2D eigenvalue weighted by atomic mass is 16.2. The van der Waals surface area contributed by atoms with Crippen molar-refractivity contribution in [2.45, 2.75) is 46.1 Å². The van der Waals surface area contributed by atoms with Crippen molar-refractivity contribution in [3.8, 4) is 0 Å². The normalized spacial score (nSPS) is 26.2. The van der Waals surface area contributed by atoms with Crippen LogP contribution in [0.15, 0.2) is 24.3 Å². The van der Waals surface area contributed by atoms with Gasteiger partial charge in [0.1, 0.15) is 0 Å². The molecule has 1 fully saturated rings. The number of carbonyl (C=O) groups is 1. The quantitative estimate of drug-likeness (QED) is 0.887. The van der Waals surface area contributed by atoms with E-state index in [1.54, 1.807) is 0 Å². The van der Waals surface area contributed by atoms with E-state index in [1.165, 1.54) is 11.1 Å². The van der Waals surface area contributed by atoms with Gasteiger partial charge in [-0.1, -0.05) is 31.2 Å². The first-order chi connectivity index (χ1) is 9.57. The fourth-order valence-electron chi connectivity index (χ4n) is 3.01. The number of hydrogen-bond acceptors (Lipinski definition) is 2. The van der Waals surface area contributed by atoms with Crippen LogP contribution in [0, 0.1) is 18.3 Å². The first-order valence-corrected chi connectivity index (χ1v) is 7.60. The van der Waals surface area contributed by atoms with Gasteiger partial charge in [0.2, 0.25) is 5.91 Å². The van der Waals surface area contributed by atoms with E-state index in [-0.39, 0.29) is 11.3 Å². The SMILES string of the molecule is Cc1ccccc1CNC(=O)C1(CN)CCC(C)CC1. The number of nitrogens with one attached hydrogen (secondary N) is 1. The van der Waals surface area contributed by atoms with Gasteiger partial charge in [-0.15, -0.1) is 0 Å². The average Bonchev–Trinajstić information content (AvgIpc) is 2.47. The summed E-state index contributed by atoms with van der Waals surface area (Å²) in [7, 11) is 0. The summed E-state index contributed by atoms with van der Waals surface area (Å²) in [5.74, 6) is 0.856. The lowest BCUT2D eigenvalue weighted by atomic mass is 9.70. The van der Waals surface area contributed by atoms with E-state index in [2.05, 4.69) is 31.3 Å². The fraction of sp³-hybridized carbons (Fsp3) is 0.588. The summed E-state index contributed by atoms with van der Waals surface area (Å²) in [6.07, 6.45) is 4.05. The molecule has 0 bridgehead atoms. The molecule has 0 radical (unpaired) electrons. The summed E-state index contributed by atoms with van der Waals surface area (Å²) < 4.78 is 0. The molecule has 1 amide bonds. The van der Waals surface area contributed by atoms with E-state index in [1.807, 2.05) is 12.1 Å². The van der Waals surface area contributed by atoms with Gasteiger partial charge in [0.15, 0.2) is 0 Å². The highest BCUT2D eigenvalue weighted by Crippen LogP contribution is 2.38. The zero-order valence-corrected chi connectivity index (χ0v) is 12.6. The molecule has 1 aliphatic carbocycles. The number of benzene rings is 1. The van der Waals surface area contributed by atoms with Crippen LogP contribution in [0.1, 0.15) is 43.7 Å². The van der Waals surface area contributed by atoms with Gasteiger partial charge in [0.25, 0.3) is 0 Å². The molecule has 1 aliphatic rings. The molecule has 2 rings (SSSR count). The standard InChI is InChI=1S/C17H26N2O/c1-13-7-9-17(12-18,10-8-13)16(20)19-11-15-6-4-3-5-14(15)2/h3-6,13H,7-12,18H2,1-2H3,(H,19,20). The predicted molar refractivity (Wildman–Crippen MR) is 82.1 cm³/mol. The third kappa shape index (κ3) is 3.21. The Balaban J connectivity index is 1.98. The first kappa shape index (κ1) is 15.0. The highest BCUT2D eigenvalue weighted by molar-refractivity contribution is 5.83. The minimum absolute atomic E-state index is 0.134. The van der Waals surface area contributed by atoms with E-state index in [0.29, 0.717) is 13.1 Å². The smallest absolute Gasteiger partial charge is 0.227 e. The van der Waals surface area contributed by atoms with Gasteiger partial charge in [0.05, 0.1) is 5.41 Å². The molecule has 20 heavy (non-hydrogen) atoms. The zero-order chi connectivity index (χ0) is 14.6. The molecule has 0 saturated heterocycles. The Kier molecular flexibility index (Phi) is 4.81. The summed E-state index contributed by atoms with van der Waals surface area (Å²) in [6.45, 7) is 5.39. The number of amides is 1. The Morgan fingerprint density at radius 3 is 2.60 bits per heavy atom. The molecule has 0 unspecified atom stereocenters. The minimum atomic E-state index is -0.338. The lowest BCUT2D eigenvalue weighted by Crippen LogP contribution is -2.47. The largest absolute Gasteiger partial charge is 0.351 e. The van der Waals surface area contributed by atoms with Crippen LogP contribution in [0.3, 0.4) is 0 Å². The van der Waals surface area contributed by atoms with Crippen LogP contribution < -0.4 is 11.1 Å². The Morgan fingerprint density at radius 2 is 2.00 bits per heavy atom.